The van der Waals surface area contributed by atoms with Crippen LogP contribution in [0.2, 0.25) is 0 Å². The zero-order valence-corrected chi connectivity index (χ0v) is 9.46. The van der Waals surface area contributed by atoms with Crippen LogP contribution in [0.25, 0.3) is 0 Å². The van der Waals surface area contributed by atoms with Gasteiger partial charge in [-0.1, -0.05) is 6.07 Å². The third kappa shape index (κ3) is 1.92. The molecule has 0 saturated carbocycles. The molecule has 2 rings (SSSR count). The topological polar surface area (TPSA) is 30.5 Å². The van der Waals surface area contributed by atoms with Crippen LogP contribution in [0.1, 0.15) is 11.1 Å². The first-order chi connectivity index (χ1) is 7.22. The molecule has 0 aliphatic carbocycles. The van der Waals surface area contributed by atoms with Crippen molar-refractivity contribution < 1.29 is 9.47 Å². The fourth-order valence-electron chi connectivity index (χ4n) is 1.84. The summed E-state index contributed by atoms with van der Waals surface area (Å²) in [6.45, 7) is 5.74. The molecule has 15 heavy (non-hydrogen) atoms. The standard InChI is InChI=1S/C12H17NO2/c1-8-4-5-11(9(2)12(8)14-3)13-10-6-15-7-10/h4-5,10,13H,6-7H2,1-3H3. The van der Waals surface area contributed by atoms with Crippen molar-refractivity contribution in [1.82, 2.24) is 0 Å². The predicted octanol–water partition coefficient (Wildman–Crippen LogP) is 2.12. The molecule has 1 fully saturated rings. The Morgan fingerprint density at radius 3 is 2.60 bits per heavy atom. The molecule has 3 nitrogen and oxygen atoms in total. The lowest BCUT2D eigenvalue weighted by atomic mass is 10.1. The molecule has 1 heterocycles. The van der Waals surface area contributed by atoms with Crippen LogP contribution in [0.5, 0.6) is 5.75 Å². The van der Waals surface area contributed by atoms with Crippen LogP contribution in [0.4, 0.5) is 5.69 Å². The maximum Gasteiger partial charge on any atom is 0.126 e. The molecule has 1 saturated heterocycles. The van der Waals surface area contributed by atoms with Crippen LogP contribution in [-0.2, 0) is 4.74 Å². The normalized spacial score (nSPS) is 15.9. The largest absolute Gasteiger partial charge is 0.496 e. The highest BCUT2D eigenvalue weighted by Crippen LogP contribution is 2.29. The fraction of sp³-hybridized carbons (Fsp3) is 0.500. The van der Waals surface area contributed by atoms with Gasteiger partial charge in [0.15, 0.2) is 0 Å². The molecule has 3 heteroatoms. The van der Waals surface area contributed by atoms with E-state index in [-0.39, 0.29) is 0 Å². The average Bonchev–Trinajstić information content (AvgIpc) is 2.15. The Hall–Kier alpha value is -1.22. The minimum absolute atomic E-state index is 0.455. The van der Waals surface area contributed by atoms with Crippen LogP contribution in [0.3, 0.4) is 0 Å². The molecule has 0 spiro atoms. The first kappa shape index (κ1) is 10.3. The minimum atomic E-state index is 0.455. The maximum absolute atomic E-state index is 5.38. The highest BCUT2D eigenvalue weighted by atomic mass is 16.5. The van der Waals surface area contributed by atoms with Crippen molar-refractivity contribution in [3.8, 4) is 5.75 Å². The van der Waals surface area contributed by atoms with Crippen molar-refractivity contribution >= 4 is 5.69 Å². The zero-order chi connectivity index (χ0) is 10.8. The number of nitrogens with one attached hydrogen (secondary N) is 1. The molecule has 82 valence electrons. The lowest BCUT2D eigenvalue weighted by Gasteiger charge is -2.29. The van der Waals surface area contributed by atoms with Crippen LogP contribution in [0.15, 0.2) is 12.1 Å². The van der Waals surface area contributed by atoms with E-state index in [9.17, 15) is 0 Å². The van der Waals surface area contributed by atoms with Crippen LogP contribution in [0, 0.1) is 13.8 Å². The molecule has 1 N–H and O–H groups in total. The second-order valence-corrected chi connectivity index (χ2v) is 3.97. The van der Waals surface area contributed by atoms with Gasteiger partial charge in [0.1, 0.15) is 5.75 Å². The monoisotopic (exact) mass is 207 g/mol. The highest BCUT2D eigenvalue weighted by molar-refractivity contribution is 5.60. The van der Waals surface area contributed by atoms with Gasteiger partial charge in [0.2, 0.25) is 0 Å². The molecule has 0 bridgehead atoms. The van der Waals surface area contributed by atoms with Gasteiger partial charge in [-0.25, -0.2) is 0 Å². The summed E-state index contributed by atoms with van der Waals surface area (Å²) in [6, 6.07) is 4.63. The minimum Gasteiger partial charge on any atom is -0.496 e. The summed E-state index contributed by atoms with van der Waals surface area (Å²) in [5.41, 5.74) is 3.49. The van der Waals surface area contributed by atoms with Crippen LogP contribution in [-0.4, -0.2) is 26.4 Å². The second kappa shape index (κ2) is 4.11. The third-order valence-corrected chi connectivity index (χ3v) is 2.80. The van der Waals surface area contributed by atoms with Crippen molar-refractivity contribution in [2.45, 2.75) is 19.9 Å². The van der Waals surface area contributed by atoms with Crippen molar-refractivity contribution in [2.24, 2.45) is 0 Å². The summed E-state index contributed by atoms with van der Waals surface area (Å²) in [5.74, 6) is 0.972. The average molecular weight is 207 g/mol. The van der Waals surface area contributed by atoms with E-state index in [0.29, 0.717) is 6.04 Å². The summed E-state index contributed by atoms with van der Waals surface area (Å²) in [6.07, 6.45) is 0. The number of ether oxygens (including phenoxy) is 2. The number of hydrogen-bond donors (Lipinski definition) is 1. The Balaban J connectivity index is 2.23. The molecule has 1 aromatic rings. The van der Waals surface area contributed by atoms with Gasteiger partial charge in [0.25, 0.3) is 0 Å². The van der Waals surface area contributed by atoms with Crippen molar-refractivity contribution in [3.63, 3.8) is 0 Å². The van der Waals surface area contributed by atoms with Gasteiger partial charge in [-0.2, -0.15) is 0 Å². The van der Waals surface area contributed by atoms with Gasteiger partial charge in [-0.05, 0) is 25.5 Å². The van der Waals surface area contributed by atoms with E-state index in [2.05, 4.69) is 31.3 Å². The smallest absolute Gasteiger partial charge is 0.126 e. The molecule has 1 aliphatic rings. The van der Waals surface area contributed by atoms with E-state index in [1.807, 2.05) is 0 Å². The van der Waals surface area contributed by atoms with Gasteiger partial charge in [-0.3, -0.25) is 0 Å². The molecule has 1 aromatic carbocycles. The lowest BCUT2D eigenvalue weighted by Crippen LogP contribution is -2.40. The second-order valence-electron chi connectivity index (χ2n) is 3.97. The SMILES string of the molecule is COc1c(C)ccc(NC2COC2)c1C. The van der Waals surface area contributed by atoms with E-state index < -0.39 is 0 Å². The van der Waals surface area contributed by atoms with Gasteiger partial charge >= 0.3 is 0 Å². The van der Waals surface area contributed by atoms with E-state index >= 15 is 0 Å². The molecule has 1 aliphatic heterocycles. The van der Waals surface area contributed by atoms with E-state index in [0.717, 1.165) is 24.7 Å². The Kier molecular flexibility index (Phi) is 2.82. The van der Waals surface area contributed by atoms with Gasteiger partial charge in [-0.15, -0.1) is 0 Å². The Morgan fingerprint density at radius 2 is 2.07 bits per heavy atom. The summed E-state index contributed by atoms with van der Waals surface area (Å²) in [5, 5.41) is 3.44. The quantitative estimate of drug-likeness (QED) is 0.823. The molecule has 0 amide bonds. The van der Waals surface area contributed by atoms with E-state index in [1.54, 1.807) is 7.11 Å². The Labute approximate surface area is 90.4 Å². The number of methoxy groups -OCH3 is 1. The molecule has 0 atom stereocenters. The summed E-state index contributed by atoms with van der Waals surface area (Å²) < 4.78 is 10.5. The highest BCUT2D eigenvalue weighted by Gasteiger charge is 2.19. The zero-order valence-electron chi connectivity index (χ0n) is 9.46. The third-order valence-electron chi connectivity index (χ3n) is 2.80. The van der Waals surface area contributed by atoms with Gasteiger partial charge in [0, 0.05) is 11.3 Å². The molecule has 0 aromatic heterocycles. The van der Waals surface area contributed by atoms with Crippen molar-refractivity contribution in [1.29, 1.82) is 0 Å². The fourth-order valence-corrected chi connectivity index (χ4v) is 1.84. The molecular weight excluding hydrogens is 190 g/mol. The van der Waals surface area contributed by atoms with Crippen molar-refractivity contribution in [3.05, 3.63) is 23.3 Å². The number of hydrogen-bond acceptors (Lipinski definition) is 3. The Morgan fingerprint density at radius 1 is 1.33 bits per heavy atom. The van der Waals surface area contributed by atoms with Crippen molar-refractivity contribution in [2.75, 3.05) is 25.6 Å². The van der Waals surface area contributed by atoms with Crippen LogP contribution >= 0.6 is 0 Å². The number of rotatable bonds is 3. The van der Waals surface area contributed by atoms with E-state index in [4.69, 9.17) is 9.47 Å². The summed E-state index contributed by atoms with van der Waals surface area (Å²) in [7, 11) is 1.71. The molecule has 0 unspecified atom stereocenters. The first-order valence-corrected chi connectivity index (χ1v) is 5.21. The summed E-state index contributed by atoms with van der Waals surface area (Å²) in [4.78, 5) is 0. The van der Waals surface area contributed by atoms with E-state index in [1.165, 1.54) is 11.1 Å². The summed E-state index contributed by atoms with van der Waals surface area (Å²) >= 11 is 0. The van der Waals surface area contributed by atoms with Gasteiger partial charge < -0.3 is 14.8 Å². The number of aryl methyl sites for hydroxylation is 1. The number of benzene rings is 1. The maximum atomic E-state index is 5.38. The molecular formula is C12H17NO2. The van der Waals surface area contributed by atoms with Crippen LogP contribution < -0.4 is 10.1 Å². The molecule has 0 radical (unpaired) electrons. The first-order valence-electron chi connectivity index (χ1n) is 5.21. The lowest BCUT2D eigenvalue weighted by molar-refractivity contribution is 0.0211. The van der Waals surface area contributed by atoms with Gasteiger partial charge in [0.05, 0.1) is 26.4 Å². The number of anilines is 1. The predicted molar refractivity (Wildman–Crippen MR) is 60.7 cm³/mol. The Bertz CT molecular complexity index is 359.